The molecule has 3 rings (SSSR count). The molecule has 0 saturated heterocycles. The molecule has 1 amide bonds. The van der Waals surface area contributed by atoms with Gasteiger partial charge in [0.2, 0.25) is 0 Å². The summed E-state index contributed by atoms with van der Waals surface area (Å²) < 4.78 is 0. The van der Waals surface area contributed by atoms with Crippen molar-refractivity contribution in [2.24, 2.45) is 5.92 Å². The Kier molecular flexibility index (Phi) is 3.11. The van der Waals surface area contributed by atoms with E-state index < -0.39 is 0 Å². The molecule has 1 fully saturated rings. The molecule has 1 saturated carbocycles. The highest BCUT2D eigenvalue weighted by Gasteiger charge is 2.32. The Morgan fingerprint density at radius 1 is 1.45 bits per heavy atom. The minimum Gasteiger partial charge on any atom is -0.336 e. The fourth-order valence-corrected chi connectivity index (χ4v) is 2.40. The number of carbonyl (C=O) groups excluding carboxylic acids is 1. The van der Waals surface area contributed by atoms with E-state index in [4.69, 9.17) is 5.26 Å². The highest BCUT2D eigenvalue weighted by Crippen LogP contribution is 2.32. The van der Waals surface area contributed by atoms with Crippen molar-refractivity contribution in [3.63, 3.8) is 0 Å². The number of amides is 1. The topological polar surface area (TPSA) is 65.8 Å². The third-order valence-electron chi connectivity index (χ3n) is 3.61. The highest BCUT2D eigenvalue weighted by molar-refractivity contribution is 6.06. The molecule has 0 bridgehead atoms. The molecule has 1 unspecified atom stereocenters. The second kappa shape index (κ2) is 4.93. The zero-order valence-electron chi connectivity index (χ0n) is 11.3. The van der Waals surface area contributed by atoms with E-state index >= 15 is 0 Å². The maximum absolute atomic E-state index is 12.4. The van der Waals surface area contributed by atoms with Crippen LogP contribution >= 0.6 is 0 Å². The predicted molar refractivity (Wildman–Crippen MR) is 76.1 cm³/mol. The number of pyridine rings is 1. The molecular weight excluding hydrogens is 250 g/mol. The standard InChI is InChI=1S/C16H15N3O/c1-10-8-13(12-4-2-3-5-14(12)18-10)16(20)19-15(9-17)11-6-7-11/h2-5,8,11,15H,6-7H2,1H3,(H,19,20). The van der Waals surface area contributed by atoms with Crippen LogP contribution in [0.5, 0.6) is 0 Å². The number of nitrogens with zero attached hydrogens (tertiary/aromatic N) is 2. The molecule has 1 heterocycles. The largest absolute Gasteiger partial charge is 0.336 e. The summed E-state index contributed by atoms with van der Waals surface area (Å²) in [5, 5.41) is 12.8. The minimum absolute atomic E-state index is 0.190. The highest BCUT2D eigenvalue weighted by atomic mass is 16.1. The monoisotopic (exact) mass is 265 g/mol. The first-order valence-electron chi connectivity index (χ1n) is 6.76. The number of aromatic nitrogens is 1. The smallest absolute Gasteiger partial charge is 0.253 e. The van der Waals surface area contributed by atoms with Crippen molar-refractivity contribution in [3.05, 3.63) is 41.6 Å². The number of rotatable bonds is 3. The lowest BCUT2D eigenvalue weighted by Gasteiger charge is -2.12. The number of fused-ring (bicyclic) bond motifs is 1. The van der Waals surface area contributed by atoms with Crippen LogP contribution < -0.4 is 5.32 Å². The lowest BCUT2D eigenvalue weighted by atomic mass is 10.1. The first-order chi connectivity index (χ1) is 9.69. The lowest BCUT2D eigenvalue weighted by Crippen LogP contribution is -2.35. The van der Waals surface area contributed by atoms with Gasteiger partial charge in [-0.2, -0.15) is 5.26 Å². The van der Waals surface area contributed by atoms with Crippen LogP contribution in [-0.4, -0.2) is 16.9 Å². The normalized spacial score (nSPS) is 15.6. The van der Waals surface area contributed by atoms with Gasteiger partial charge in [-0.15, -0.1) is 0 Å². The summed E-state index contributed by atoms with van der Waals surface area (Å²) in [7, 11) is 0. The minimum atomic E-state index is -0.380. The molecule has 100 valence electrons. The summed E-state index contributed by atoms with van der Waals surface area (Å²) in [6.07, 6.45) is 2.04. The summed E-state index contributed by atoms with van der Waals surface area (Å²) in [4.78, 5) is 16.8. The molecule has 1 N–H and O–H groups in total. The Morgan fingerprint density at radius 3 is 2.90 bits per heavy atom. The van der Waals surface area contributed by atoms with Crippen LogP contribution in [0.3, 0.4) is 0 Å². The Morgan fingerprint density at radius 2 is 2.20 bits per heavy atom. The summed E-state index contributed by atoms with van der Waals surface area (Å²) in [6.45, 7) is 1.87. The van der Waals surface area contributed by atoms with Gasteiger partial charge in [0.15, 0.2) is 0 Å². The van der Waals surface area contributed by atoms with Crippen LogP contribution in [0.25, 0.3) is 10.9 Å². The van der Waals surface area contributed by atoms with E-state index in [0.29, 0.717) is 11.5 Å². The van der Waals surface area contributed by atoms with Gasteiger partial charge < -0.3 is 5.32 Å². The number of nitrogens with one attached hydrogen (secondary N) is 1. The summed E-state index contributed by atoms with van der Waals surface area (Å²) in [5.74, 6) is 0.128. The van der Waals surface area contributed by atoms with Gasteiger partial charge in [-0.3, -0.25) is 9.78 Å². The zero-order chi connectivity index (χ0) is 14.1. The predicted octanol–water partition coefficient (Wildman–Crippen LogP) is 2.58. The lowest BCUT2D eigenvalue weighted by molar-refractivity contribution is 0.0943. The van der Waals surface area contributed by atoms with Crippen LogP contribution in [0.4, 0.5) is 0 Å². The SMILES string of the molecule is Cc1cc(C(=O)NC(C#N)C2CC2)c2ccccc2n1. The molecule has 1 aromatic heterocycles. The van der Waals surface area contributed by atoms with Crippen LogP contribution in [0.2, 0.25) is 0 Å². The quantitative estimate of drug-likeness (QED) is 0.927. The molecule has 0 spiro atoms. The van der Waals surface area contributed by atoms with E-state index in [9.17, 15) is 4.79 Å². The molecule has 0 radical (unpaired) electrons. The molecule has 4 nitrogen and oxygen atoms in total. The Labute approximate surface area is 117 Å². The number of carbonyl (C=O) groups is 1. The fraction of sp³-hybridized carbons (Fsp3) is 0.312. The molecule has 1 aliphatic rings. The van der Waals surface area contributed by atoms with Crippen molar-refractivity contribution in [2.45, 2.75) is 25.8 Å². The van der Waals surface area contributed by atoms with Crippen molar-refractivity contribution < 1.29 is 4.79 Å². The van der Waals surface area contributed by atoms with Crippen molar-refractivity contribution in [2.75, 3.05) is 0 Å². The van der Waals surface area contributed by atoms with Crippen LogP contribution in [0.15, 0.2) is 30.3 Å². The van der Waals surface area contributed by atoms with Crippen LogP contribution in [0.1, 0.15) is 28.9 Å². The van der Waals surface area contributed by atoms with E-state index in [1.807, 2.05) is 31.2 Å². The Balaban J connectivity index is 1.96. The second-order valence-corrected chi connectivity index (χ2v) is 5.25. The molecule has 1 atom stereocenters. The summed E-state index contributed by atoms with van der Waals surface area (Å²) >= 11 is 0. The van der Waals surface area contributed by atoms with E-state index in [-0.39, 0.29) is 11.9 Å². The maximum atomic E-state index is 12.4. The number of aryl methyl sites for hydroxylation is 1. The van der Waals surface area contributed by atoms with Crippen molar-refractivity contribution in [1.29, 1.82) is 5.26 Å². The number of hydrogen-bond donors (Lipinski definition) is 1. The summed E-state index contributed by atoms with van der Waals surface area (Å²) in [6, 6.07) is 11.1. The van der Waals surface area contributed by atoms with E-state index in [1.165, 1.54) is 0 Å². The second-order valence-electron chi connectivity index (χ2n) is 5.25. The maximum Gasteiger partial charge on any atom is 0.253 e. The molecule has 1 aliphatic carbocycles. The molecule has 1 aromatic carbocycles. The molecule has 2 aromatic rings. The van der Waals surface area contributed by atoms with Gasteiger partial charge in [-0.05, 0) is 37.8 Å². The van der Waals surface area contributed by atoms with Crippen molar-refractivity contribution in [3.8, 4) is 6.07 Å². The average Bonchev–Trinajstić information content (AvgIpc) is 3.28. The average molecular weight is 265 g/mol. The molecule has 20 heavy (non-hydrogen) atoms. The third-order valence-corrected chi connectivity index (χ3v) is 3.61. The van der Waals surface area contributed by atoms with Gasteiger partial charge in [0.25, 0.3) is 5.91 Å². The van der Waals surface area contributed by atoms with E-state index in [2.05, 4.69) is 16.4 Å². The number of nitriles is 1. The van der Waals surface area contributed by atoms with Gasteiger partial charge in [-0.25, -0.2) is 0 Å². The van der Waals surface area contributed by atoms with Crippen molar-refractivity contribution in [1.82, 2.24) is 10.3 Å². The van der Waals surface area contributed by atoms with Crippen molar-refractivity contribution >= 4 is 16.8 Å². The van der Waals surface area contributed by atoms with E-state index in [1.54, 1.807) is 6.07 Å². The van der Waals surface area contributed by atoms with Gasteiger partial charge in [-0.1, -0.05) is 18.2 Å². The summed E-state index contributed by atoms with van der Waals surface area (Å²) in [5.41, 5.74) is 2.19. The Hall–Kier alpha value is -2.41. The van der Waals surface area contributed by atoms with Gasteiger partial charge in [0, 0.05) is 11.1 Å². The molecule has 4 heteroatoms. The van der Waals surface area contributed by atoms with Crippen LogP contribution in [-0.2, 0) is 0 Å². The molecular formula is C16H15N3O. The zero-order valence-corrected chi connectivity index (χ0v) is 11.3. The van der Waals surface area contributed by atoms with Gasteiger partial charge >= 0.3 is 0 Å². The van der Waals surface area contributed by atoms with Crippen LogP contribution in [0, 0.1) is 24.2 Å². The fourth-order valence-electron chi connectivity index (χ4n) is 2.40. The number of hydrogen-bond acceptors (Lipinski definition) is 3. The number of para-hydroxylation sites is 1. The molecule has 0 aliphatic heterocycles. The van der Waals surface area contributed by atoms with Gasteiger partial charge in [0.1, 0.15) is 6.04 Å². The van der Waals surface area contributed by atoms with Gasteiger partial charge in [0.05, 0.1) is 17.1 Å². The Bertz CT molecular complexity index is 713. The first-order valence-corrected chi connectivity index (χ1v) is 6.76. The third kappa shape index (κ3) is 2.35. The first kappa shape index (κ1) is 12.6. The van der Waals surface area contributed by atoms with E-state index in [0.717, 1.165) is 29.4 Å². The number of benzene rings is 1.